The molecule has 3 aromatic carbocycles. The molecule has 36 heavy (non-hydrogen) atoms. The van der Waals surface area contributed by atoms with Gasteiger partial charge in [-0.1, -0.05) is 13.8 Å². The van der Waals surface area contributed by atoms with Crippen molar-refractivity contribution in [1.29, 1.82) is 0 Å². The fraction of sp³-hybridized carbons (Fsp3) is 0.167. The quantitative estimate of drug-likeness (QED) is 0.275. The van der Waals surface area contributed by atoms with E-state index in [2.05, 4.69) is 15.4 Å². The van der Waals surface area contributed by atoms with Crippen molar-refractivity contribution in [2.24, 2.45) is 5.92 Å². The molecule has 0 fully saturated rings. The van der Waals surface area contributed by atoms with Gasteiger partial charge in [-0.05, 0) is 48.4 Å². The fourth-order valence-corrected chi connectivity index (χ4v) is 4.93. The van der Waals surface area contributed by atoms with Crippen LogP contribution < -0.4 is 15.4 Å². The Morgan fingerprint density at radius 1 is 0.861 bits per heavy atom. The molecule has 4 N–H and O–H groups in total. The number of urea groups is 1. The van der Waals surface area contributed by atoms with Crippen molar-refractivity contribution in [3.8, 4) is 0 Å². The zero-order valence-electron chi connectivity index (χ0n) is 19.0. The third-order valence-corrected chi connectivity index (χ3v) is 6.84. The molecule has 0 spiro atoms. The topological polar surface area (TPSA) is 138 Å². The maximum absolute atomic E-state index is 13.4. The number of rotatable bonds is 7. The Hall–Kier alpha value is -4.03. The SMILES string of the molecule is CC(C)[C@H](NS(=O)(=O)c1ccc2c(c1)oc1ccc(NC(=O)Nc3ccc(F)c(F)c3)cc12)C(=O)O. The fourth-order valence-electron chi connectivity index (χ4n) is 3.58. The lowest BCUT2D eigenvalue weighted by Gasteiger charge is -2.17. The van der Waals surface area contributed by atoms with E-state index in [4.69, 9.17) is 4.42 Å². The molecule has 1 atom stereocenters. The van der Waals surface area contributed by atoms with Gasteiger partial charge >= 0.3 is 12.0 Å². The lowest BCUT2D eigenvalue weighted by molar-refractivity contribution is -0.140. The van der Waals surface area contributed by atoms with E-state index in [0.29, 0.717) is 22.0 Å². The number of carbonyl (C=O) groups excluding carboxylic acids is 1. The van der Waals surface area contributed by atoms with Crippen LogP contribution in [0.5, 0.6) is 0 Å². The van der Waals surface area contributed by atoms with E-state index in [9.17, 15) is 31.9 Å². The molecule has 0 saturated carbocycles. The monoisotopic (exact) mass is 517 g/mol. The van der Waals surface area contributed by atoms with Gasteiger partial charge in [0.15, 0.2) is 11.6 Å². The van der Waals surface area contributed by atoms with Gasteiger partial charge in [0.2, 0.25) is 10.0 Å². The van der Waals surface area contributed by atoms with Gasteiger partial charge in [-0.15, -0.1) is 0 Å². The van der Waals surface area contributed by atoms with Crippen LogP contribution in [0, 0.1) is 17.6 Å². The number of benzene rings is 3. The highest BCUT2D eigenvalue weighted by atomic mass is 32.2. The number of anilines is 2. The molecule has 0 unspecified atom stereocenters. The van der Waals surface area contributed by atoms with Crippen molar-refractivity contribution >= 4 is 55.3 Å². The predicted octanol–water partition coefficient (Wildman–Crippen LogP) is 4.90. The summed E-state index contributed by atoms with van der Waals surface area (Å²) in [5.74, 6) is -3.89. The number of halogens is 2. The minimum absolute atomic E-state index is 0.0613. The molecule has 1 heterocycles. The highest BCUT2D eigenvalue weighted by Crippen LogP contribution is 2.32. The average molecular weight is 518 g/mol. The van der Waals surface area contributed by atoms with Gasteiger partial charge in [0.1, 0.15) is 17.2 Å². The van der Waals surface area contributed by atoms with Crippen molar-refractivity contribution < 1.29 is 36.3 Å². The number of aliphatic carboxylic acids is 1. The number of fused-ring (bicyclic) bond motifs is 3. The molecular weight excluding hydrogens is 496 g/mol. The molecule has 4 aromatic rings. The van der Waals surface area contributed by atoms with Gasteiger partial charge < -0.3 is 20.2 Å². The molecule has 0 radical (unpaired) electrons. The van der Waals surface area contributed by atoms with Crippen LogP contribution in [-0.2, 0) is 14.8 Å². The minimum Gasteiger partial charge on any atom is -0.480 e. The first-order valence-electron chi connectivity index (χ1n) is 10.7. The standard InChI is InChI=1S/C24H21F2N3O6S/c1-12(2)22(23(30)31)29-36(33,34)15-5-6-16-17-9-13(4-8-20(17)35-21(16)11-15)27-24(32)28-14-3-7-18(25)19(26)10-14/h3-12,22,29H,1-2H3,(H,30,31)(H2,27,28,32)/t22-/m0/s1. The van der Waals surface area contributed by atoms with E-state index in [1.807, 2.05) is 0 Å². The minimum atomic E-state index is -4.14. The van der Waals surface area contributed by atoms with Crippen molar-refractivity contribution in [3.63, 3.8) is 0 Å². The summed E-state index contributed by atoms with van der Waals surface area (Å²) in [6, 6.07) is 9.84. The largest absolute Gasteiger partial charge is 0.480 e. The molecule has 2 amide bonds. The Labute approximate surface area is 204 Å². The van der Waals surface area contributed by atoms with Crippen LogP contribution in [0.4, 0.5) is 25.0 Å². The summed E-state index contributed by atoms with van der Waals surface area (Å²) < 4.78 is 59.9. The Morgan fingerprint density at radius 2 is 1.53 bits per heavy atom. The first-order valence-corrected chi connectivity index (χ1v) is 12.2. The Bertz CT molecular complexity index is 1600. The van der Waals surface area contributed by atoms with E-state index in [0.717, 1.165) is 12.1 Å². The molecule has 4 rings (SSSR count). The summed E-state index contributed by atoms with van der Waals surface area (Å²) in [4.78, 5) is 23.5. The first kappa shape index (κ1) is 25.1. The van der Waals surface area contributed by atoms with Crippen LogP contribution in [0.25, 0.3) is 21.9 Å². The van der Waals surface area contributed by atoms with Crippen molar-refractivity contribution in [2.75, 3.05) is 10.6 Å². The van der Waals surface area contributed by atoms with Crippen molar-refractivity contribution in [1.82, 2.24) is 4.72 Å². The van der Waals surface area contributed by atoms with Crippen molar-refractivity contribution in [3.05, 3.63) is 66.2 Å². The molecule has 0 aliphatic carbocycles. The molecule has 0 aliphatic rings. The zero-order valence-corrected chi connectivity index (χ0v) is 19.8. The third-order valence-electron chi connectivity index (χ3n) is 5.40. The van der Waals surface area contributed by atoms with Gasteiger partial charge in [0, 0.05) is 34.3 Å². The van der Waals surface area contributed by atoms with Crippen LogP contribution in [0.15, 0.2) is 63.9 Å². The molecular formula is C24H21F2N3O6S. The number of carbonyl (C=O) groups is 2. The zero-order chi connectivity index (χ0) is 26.2. The number of amides is 2. The van der Waals surface area contributed by atoms with E-state index >= 15 is 0 Å². The van der Waals surface area contributed by atoms with E-state index < -0.39 is 45.6 Å². The number of sulfonamides is 1. The maximum atomic E-state index is 13.4. The number of hydrogen-bond donors (Lipinski definition) is 4. The van der Waals surface area contributed by atoms with Gasteiger partial charge in [-0.2, -0.15) is 4.72 Å². The van der Waals surface area contributed by atoms with Gasteiger partial charge in [-0.25, -0.2) is 22.0 Å². The second-order valence-corrected chi connectivity index (χ2v) is 10.1. The summed E-state index contributed by atoms with van der Waals surface area (Å²) in [5.41, 5.74) is 1.09. The lowest BCUT2D eigenvalue weighted by Crippen LogP contribution is -2.44. The van der Waals surface area contributed by atoms with E-state index in [1.54, 1.807) is 32.0 Å². The van der Waals surface area contributed by atoms with Crippen LogP contribution in [0.3, 0.4) is 0 Å². The second kappa shape index (κ2) is 9.55. The lowest BCUT2D eigenvalue weighted by atomic mass is 10.1. The van der Waals surface area contributed by atoms with Gasteiger partial charge in [0.05, 0.1) is 4.90 Å². The Balaban J connectivity index is 1.58. The van der Waals surface area contributed by atoms with Crippen LogP contribution >= 0.6 is 0 Å². The number of hydrogen-bond acceptors (Lipinski definition) is 5. The molecule has 188 valence electrons. The normalized spacial score (nSPS) is 12.7. The van der Waals surface area contributed by atoms with E-state index in [1.165, 1.54) is 24.3 Å². The molecule has 0 saturated heterocycles. The summed E-state index contributed by atoms with van der Waals surface area (Å²) >= 11 is 0. The first-order chi connectivity index (χ1) is 16.9. The summed E-state index contributed by atoms with van der Waals surface area (Å²) in [7, 11) is -4.14. The second-order valence-electron chi connectivity index (χ2n) is 8.36. The molecule has 0 aliphatic heterocycles. The third kappa shape index (κ3) is 5.14. The number of carboxylic acid groups (broad SMARTS) is 1. The molecule has 0 bridgehead atoms. The number of carboxylic acids is 1. The number of furan rings is 1. The smallest absolute Gasteiger partial charge is 0.323 e. The molecule has 9 nitrogen and oxygen atoms in total. The Morgan fingerprint density at radius 3 is 2.17 bits per heavy atom. The summed E-state index contributed by atoms with van der Waals surface area (Å²) in [6.07, 6.45) is 0. The maximum Gasteiger partial charge on any atom is 0.323 e. The summed E-state index contributed by atoms with van der Waals surface area (Å²) in [5, 5.41) is 15.4. The van der Waals surface area contributed by atoms with Crippen LogP contribution in [0.1, 0.15) is 13.8 Å². The Kier molecular flexibility index (Phi) is 6.65. The van der Waals surface area contributed by atoms with Gasteiger partial charge in [-0.3, -0.25) is 4.79 Å². The number of nitrogens with one attached hydrogen (secondary N) is 3. The van der Waals surface area contributed by atoms with Crippen LogP contribution in [-0.4, -0.2) is 31.6 Å². The molecule has 1 aromatic heterocycles. The highest BCUT2D eigenvalue weighted by Gasteiger charge is 2.28. The summed E-state index contributed by atoms with van der Waals surface area (Å²) in [6.45, 7) is 3.18. The average Bonchev–Trinajstić information content (AvgIpc) is 3.17. The van der Waals surface area contributed by atoms with E-state index in [-0.39, 0.29) is 16.2 Å². The van der Waals surface area contributed by atoms with Gasteiger partial charge in [0.25, 0.3) is 0 Å². The van der Waals surface area contributed by atoms with Crippen LogP contribution in [0.2, 0.25) is 0 Å². The van der Waals surface area contributed by atoms with Crippen molar-refractivity contribution in [2.45, 2.75) is 24.8 Å². The molecule has 12 heteroatoms. The highest BCUT2D eigenvalue weighted by molar-refractivity contribution is 7.89. The predicted molar refractivity (Wildman–Crippen MR) is 129 cm³/mol.